The summed E-state index contributed by atoms with van der Waals surface area (Å²) in [7, 11) is 1.61. The second-order valence-electron chi connectivity index (χ2n) is 6.31. The lowest BCUT2D eigenvalue weighted by Gasteiger charge is -2.15. The summed E-state index contributed by atoms with van der Waals surface area (Å²) in [6, 6.07) is 21.3. The number of methoxy groups -OCH3 is 1. The highest BCUT2D eigenvalue weighted by Crippen LogP contribution is 2.28. The first-order valence-electron chi connectivity index (χ1n) is 8.99. The largest absolute Gasteiger partial charge is 0.497 e. The number of carbonyl (C=O) groups is 2. The van der Waals surface area contributed by atoms with Gasteiger partial charge in [0.05, 0.1) is 18.0 Å². The third-order valence-corrected chi connectivity index (χ3v) is 5.61. The summed E-state index contributed by atoms with van der Waals surface area (Å²) in [5.74, 6) is 0.366. The predicted octanol–water partition coefficient (Wildman–Crippen LogP) is 5.70. The summed E-state index contributed by atoms with van der Waals surface area (Å²) >= 11 is 7.53. The third kappa shape index (κ3) is 5.40. The molecule has 0 radical (unpaired) electrons. The molecule has 0 aromatic heterocycles. The normalized spacial score (nSPS) is 11.6. The Labute approximate surface area is 179 Å². The van der Waals surface area contributed by atoms with Crippen LogP contribution >= 0.6 is 23.4 Å². The SMILES string of the molecule is COc1ccc(SC(C)C(=O)Nc2ccc(Cl)cc2C(=O)c2ccccc2)cc1. The average Bonchev–Trinajstić information content (AvgIpc) is 2.75. The number of halogens is 1. The molecule has 0 heterocycles. The molecule has 0 fully saturated rings. The highest BCUT2D eigenvalue weighted by molar-refractivity contribution is 8.00. The van der Waals surface area contributed by atoms with E-state index in [4.69, 9.17) is 16.3 Å². The number of anilines is 1. The van der Waals surface area contributed by atoms with E-state index in [2.05, 4.69) is 5.32 Å². The second-order valence-corrected chi connectivity index (χ2v) is 8.16. The van der Waals surface area contributed by atoms with Gasteiger partial charge in [-0.1, -0.05) is 41.9 Å². The van der Waals surface area contributed by atoms with E-state index in [1.165, 1.54) is 11.8 Å². The molecule has 3 aromatic carbocycles. The van der Waals surface area contributed by atoms with Crippen LogP contribution in [0.25, 0.3) is 0 Å². The quantitative estimate of drug-likeness (QED) is 0.389. The molecule has 6 heteroatoms. The van der Waals surface area contributed by atoms with Gasteiger partial charge in [0.25, 0.3) is 0 Å². The van der Waals surface area contributed by atoms with Crippen molar-refractivity contribution in [2.45, 2.75) is 17.1 Å². The molecular weight excluding hydrogens is 406 g/mol. The number of carbonyl (C=O) groups excluding carboxylic acids is 2. The van der Waals surface area contributed by atoms with Gasteiger partial charge in [0.2, 0.25) is 5.91 Å². The van der Waals surface area contributed by atoms with Gasteiger partial charge >= 0.3 is 0 Å². The first-order chi connectivity index (χ1) is 14.0. The van der Waals surface area contributed by atoms with Gasteiger partial charge in [-0.3, -0.25) is 9.59 Å². The molecule has 0 saturated heterocycles. The third-order valence-electron chi connectivity index (χ3n) is 4.26. The Morgan fingerprint density at radius 1 is 1.00 bits per heavy atom. The lowest BCUT2D eigenvalue weighted by molar-refractivity contribution is -0.115. The van der Waals surface area contributed by atoms with E-state index < -0.39 is 0 Å². The molecule has 0 bridgehead atoms. The number of amides is 1. The topological polar surface area (TPSA) is 55.4 Å². The van der Waals surface area contributed by atoms with Crippen LogP contribution in [0.2, 0.25) is 5.02 Å². The Morgan fingerprint density at radius 3 is 2.34 bits per heavy atom. The fourth-order valence-corrected chi connectivity index (χ4v) is 3.74. The summed E-state index contributed by atoms with van der Waals surface area (Å²) in [6.45, 7) is 1.82. The molecule has 148 valence electrons. The number of benzene rings is 3. The van der Waals surface area contributed by atoms with Gasteiger partial charge in [0.15, 0.2) is 5.78 Å². The molecule has 29 heavy (non-hydrogen) atoms. The summed E-state index contributed by atoms with van der Waals surface area (Å²) in [5, 5.41) is 2.94. The van der Waals surface area contributed by atoms with Crippen LogP contribution in [0, 0.1) is 0 Å². The molecule has 0 aliphatic rings. The highest BCUT2D eigenvalue weighted by Gasteiger charge is 2.19. The number of ketones is 1. The molecule has 3 rings (SSSR count). The van der Waals surface area contributed by atoms with Gasteiger partial charge < -0.3 is 10.1 Å². The Morgan fingerprint density at radius 2 is 1.69 bits per heavy atom. The molecule has 1 amide bonds. The van der Waals surface area contributed by atoms with E-state index >= 15 is 0 Å². The molecule has 0 saturated carbocycles. The van der Waals surface area contributed by atoms with Crippen LogP contribution in [-0.4, -0.2) is 24.1 Å². The Hall–Kier alpha value is -2.76. The Balaban J connectivity index is 1.76. The van der Waals surface area contributed by atoms with Gasteiger partial charge in [-0.2, -0.15) is 0 Å². The van der Waals surface area contributed by atoms with Crippen molar-refractivity contribution < 1.29 is 14.3 Å². The fraction of sp³-hybridized carbons (Fsp3) is 0.130. The van der Waals surface area contributed by atoms with Crippen molar-refractivity contribution in [2.24, 2.45) is 0 Å². The number of thioether (sulfide) groups is 1. The first kappa shape index (κ1) is 21.0. The van der Waals surface area contributed by atoms with Crippen LogP contribution in [0.4, 0.5) is 5.69 Å². The van der Waals surface area contributed by atoms with Gasteiger partial charge in [-0.05, 0) is 49.4 Å². The lowest BCUT2D eigenvalue weighted by Crippen LogP contribution is -2.23. The lowest BCUT2D eigenvalue weighted by atomic mass is 10.0. The van der Waals surface area contributed by atoms with Crippen LogP contribution in [0.5, 0.6) is 5.75 Å². The van der Waals surface area contributed by atoms with Crippen LogP contribution in [0.15, 0.2) is 77.7 Å². The predicted molar refractivity (Wildman–Crippen MR) is 118 cm³/mol. The van der Waals surface area contributed by atoms with Crippen LogP contribution in [0.1, 0.15) is 22.8 Å². The number of ether oxygens (including phenoxy) is 1. The average molecular weight is 426 g/mol. The van der Waals surface area contributed by atoms with Crippen molar-refractivity contribution in [3.8, 4) is 5.75 Å². The maximum atomic E-state index is 12.9. The van der Waals surface area contributed by atoms with Crippen molar-refractivity contribution in [2.75, 3.05) is 12.4 Å². The van der Waals surface area contributed by atoms with Crippen molar-refractivity contribution >= 4 is 40.7 Å². The highest BCUT2D eigenvalue weighted by atomic mass is 35.5. The molecule has 3 aromatic rings. The van der Waals surface area contributed by atoms with Crippen molar-refractivity contribution in [3.63, 3.8) is 0 Å². The van der Waals surface area contributed by atoms with Gasteiger partial charge in [-0.25, -0.2) is 0 Å². The van der Waals surface area contributed by atoms with Gasteiger partial charge in [0.1, 0.15) is 5.75 Å². The Kier molecular flexibility index (Phi) is 6.96. The number of hydrogen-bond donors (Lipinski definition) is 1. The molecule has 0 spiro atoms. The van der Waals surface area contributed by atoms with E-state index in [1.54, 1.807) is 49.6 Å². The van der Waals surface area contributed by atoms with Crippen LogP contribution in [0.3, 0.4) is 0 Å². The minimum atomic E-state index is -0.362. The van der Waals surface area contributed by atoms with Gasteiger partial charge in [-0.15, -0.1) is 11.8 Å². The molecule has 0 aliphatic heterocycles. The van der Waals surface area contributed by atoms with E-state index in [1.807, 2.05) is 37.3 Å². The summed E-state index contributed by atoms with van der Waals surface area (Å²) in [4.78, 5) is 26.6. The molecule has 1 N–H and O–H groups in total. The minimum absolute atomic E-state index is 0.195. The van der Waals surface area contributed by atoms with Crippen molar-refractivity contribution in [3.05, 3.63) is 88.9 Å². The summed E-state index contributed by atoms with van der Waals surface area (Å²) in [6.07, 6.45) is 0. The number of rotatable bonds is 7. The molecule has 1 unspecified atom stereocenters. The fourth-order valence-electron chi connectivity index (χ4n) is 2.70. The summed E-state index contributed by atoms with van der Waals surface area (Å²) < 4.78 is 5.15. The van der Waals surface area contributed by atoms with E-state index in [0.29, 0.717) is 21.8 Å². The molecule has 1 atom stereocenters. The zero-order valence-corrected chi connectivity index (χ0v) is 17.6. The number of hydrogen-bond acceptors (Lipinski definition) is 4. The van der Waals surface area contributed by atoms with Crippen molar-refractivity contribution in [1.82, 2.24) is 0 Å². The standard InChI is InChI=1S/C23H20ClNO3S/c1-15(29-19-11-9-18(28-2)10-12-19)23(27)25-21-13-8-17(24)14-20(21)22(26)16-6-4-3-5-7-16/h3-15H,1-2H3,(H,25,27). The molecule has 0 aliphatic carbocycles. The monoisotopic (exact) mass is 425 g/mol. The zero-order chi connectivity index (χ0) is 20.8. The minimum Gasteiger partial charge on any atom is -0.497 e. The zero-order valence-electron chi connectivity index (χ0n) is 16.0. The van der Waals surface area contributed by atoms with Crippen LogP contribution < -0.4 is 10.1 Å². The second kappa shape index (κ2) is 9.63. The maximum absolute atomic E-state index is 12.9. The first-order valence-corrected chi connectivity index (χ1v) is 10.2. The molecule has 4 nitrogen and oxygen atoms in total. The summed E-state index contributed by atoms with van der Waals surface area (Å²) in [5.41, 5.74) is 1.33. The molecular formula is C23H20ClNO3S. The Bertz CT molecular complexity index is 1010. The number of nitrogens with one attached hydrogen (secondary N) is 1. The van der Waals surface area contributed by atoms with Crippen molar-refractivity contribution in [1.29, 1.82) is 0 Å². The van der Waals surface area contributed by atoms with E-state index in [0.717, 1.165) is 10.6 Å². The van der Waals surface area contributed by atoms with Gasteiger partial charge in [0, 0.05) is 21.0 Å². The maximum Gasteiger partial charge on any atom is 0.237 e. The van der Waals surface area contributed by atoms with E-state index in [9.17, 15) is 9.59 Å². The smallest absolute Gasteiger partial charge is 0.237 e. The van der Waals surface area contributed by atoms with Crippen LogP contribution in [-0.2, 0) is 4.79 Å². The van der Waals surface area contributed by atoms with E-state index in [-0.39, 0.29) is 16.9 Å².